The molecule has 0 saturated heterocycles. The van der Waals surface area contributed by atoms with E-state index in [9.17, 15) is 26.7 Å². The number of amides is 1. The molecule has 14 heteroatoms. The van der Waals surface area contributed by atoms with E-state index in [0.29, 0.717) is 5.69 Å². The van der Waals surface area contributed by atoms with Gasteiger partial charge in [-0.15, -0.1) is 0 Å². The molecule has 0 aliphatic rings. The van der Waals surface area contributed by atoms with E-state index in [1.165, 1.54) is 36.5 Å². The monoisotopic (exact) mass is 456 g/mol. The second kappa shape index (κ2) is 10.3. The maximum Gasteiger partial charge on any atom is 0.387 e. The third-order valence-corrected chi connectivity index (χ3v) is 3.57. The third kappa shape index (κ3) is 6.20. The van der Waals surface area contributed by atoms with Crippen molar-refractivity contribution in [2.75, 3.05) is 10.6 Å². The molecule has 0 spiro atoms. The fraction of sp³-hybridized carbons (Fsp3) is 0.167. The van der Waals surface area contributed by atoms with Crippen molar-refractivity contribution >= 4 is 23.2 Å². The Hall–Kier alpha value is -4.10. The van der Waals surface area contributed by atoms with Crippen LogP contribution in [0.5, 0.6) is 11.6 Å². The fourth-order valence-corrected chi connectivity index (χ4v) is 2.24. The van der Waals surface area contributed by atoms with Gasteiger partial charge in [0.1, 0.15) is 23.5 Å². The van der Waals surface area contributed by atoms with Gasteiger partial charge in [0.15, 0.2) is 0 Å². The largest absolute Gasteiger partial charge is 0.435 e. The molecule has 1 atom stereocenters. The molecule has 9 nitrogen and oxygen atoms in total. The molecule has 0 aliphatic carbocycles. The predicted molar refractivity (Wildman–Crippen MR) is 99.9 cm³/mol. The Morgan fingerprint density at radius 2 is 1.72 bits per heavy atom. The molecule has 1 amide bonds. The number of rotatable bonds is 9. The highest BCUT2D eigenvalue weighted by Crippen LogP contribution is 2.24. The van der Waals surface area contributed by atoms with Crippen molar-refractivity contribution in [2.24, 2.45) is 0 Å². The van der Waals surface area contributed by atoms with Crippen LogP contribution in [-0.2, 0) is 0 Å². The number of hydrogen-bond donors (Lipinski definition) is 2. The summed E-state index contributed by atoms with van der Waals surface area (Å²) in [6.07, 6.45) is -3.16. The minimum absolute atomic E-state index is 0.0116. The van der Waals surface area contributed by atoms with Crippen LogP contribution in [0.3, 0.4) is 0 Å². The molecule has 2 heterocycles. The van der Waals surface area contributed by atoms with Gasteiger partial charge in [0.25, 0.3) is 12.3 Å². The predicted octanol–water partition coefficient (Wildman–Crippen LogP) is 3.80. The summed E-state index contributed by atoms with van der Waals surface area (Å²) in [6, 6.07) is 6.69. The molecular weight excluding hydrogens is 443 g/mol. The number of carbonyl (C=O) groups excluding carboxylic acids is 1. The van der Waals surface area contributed by atoms with Gasteiger partial charge in [0, 0.05) is 11.9 Å². The lowest BCUT2D eigenvalue weighted by atomic mass is 10.3. The number of nitrogens with one attached hydrogen (secondary N) is 2. The van der Waals surface area contributed by atoms with Gasteiger partial charge in [-0.05, 0) is 30.3 Å². The topological polar surface area (TPSA) is 111 Å². The average Bonchev–Trinajstić information content (AvgIpc) is 2.76. The average molecular weight is 456 g/mol. The molecule has 2 aromatic heterocycles. The Kier molecular flexibility index (Phi) is 7.25. The van der Waals surface area contributed by atoms with Gasteiger partial charge in [-0.3, -0.25) is 4.79 Å². The van der Waals surface area contributed by atoms with Crippen LogP contribution in [0.25, 0.3) is 0 Å². The van der Waals surface area contributed by atoms with Crippen molar-refractivity contribution in [3.05, 3.63) is 54.7 Å². The van der Waals surface area contributed by atoms with Crippen LogP contribution in [0.4, 0.5) is 39.3 Å². The van der Waals surface area contributed by atoms with Crippen LogP contribution >= 0.6 is 0 Å². The van der Waals surface area contributed by atoms with Crippen molar-refractivity contribution in [1.29, 1.82) is 0 Å². The Bertz CT molecular complexity index is 1060. The van der Waals surface area contributed by atoms with Gasteiger partial charge in [0.05, 0.1) is 6.20 Å². The first-order valence-corrected chi connectivity index (χ1v) is 8.67. The Morgan fingerprint density at radius 3 is 2.41 bits per heavy atom. The Morgan fingerprint density at radius 1 is 0.969 bits per heavy atom. The van der Waals surface area contributed by atoms with E-state index in [0.717, 1.165) is 12.5 Å². The number of nitrogens with zero attached hydrogens (tertiary/aromatic N) is 4. The lowest BCUT2D eigenvalue weighted by Gasteiger charge is -2.13. The van der Waals surface area contributed by atoms with Crippen molar-refractivity contribution in [2.45, 2.75) is 19.4 Å². The van der Waals surface area contributed by atoms with Crippen LogP contribution in [-0.4, -0.2) is 45.2 Å². The number of halogens is 5. The van der Waals surface area contributed by atoms with E-state index in [1.807, 2.05) is 0 Å². The maximum atomic E-state index is 13.2. The second-order valence-corrected chi connectivity index (χ2v) is 5.79. The van der Waals surface area contributed by atoms with Crippen LogP contribution < -0.4 is 20.1 Å². The number of alkyl halides is 5. The number of aromatic nitrogens is 4. The first kappa shape index (κ1) is 22.6. The van der Waals surface area contributed by atoms with Crippen molar-refractivity contribution < 1.29 is 36.2 Å². The normalized spacial score (nSPS) is 11.8. The molecule has 0 bridgehead atoms. The minimum Gasteiger partial charge on any atom is -0.435 e. The quantitative estimate of drug-likeness (QED) is 0.468. The molecule has 168 valence electrons. The maximum absolute atomic E-state index is 13.2. The molecule has 32 heavy (non-hydrogen) atoms. The van der Waals surface area contributed by atoms with Crippen LogP contribution in [0.15, 0.2) is 49.1 Å². The molecule has 0 saturated carbocycles. The summed E-state index contributed by atoms with van der Waals surface area (Å²) in [5, 5.41) is 5.05. The lowest BCUT2D eigenvalue weighted by molar-refractivity contribution is -0.0687. The highest BCUT2D eigenvalue weighted by Gasteiger charge is 2.23. The minimum atomic E-state index is -3.42. The van der Waals surface area contributed by atoms with Gasteiger partial charge in [0.2, 0.25) is 11.8 Å². The Labute approximate surface area is 176 Å². The molecule has 1 aromatic carbocycles. The Balaban J connectivity index is 1.70. The fourth-order valence-electron chi connectivity index (χ4n) is 2.24. The van der Waals surface area contributed by atoms with E-state index in [1.54, 1.807) is 0 Å². The second-order valence-electron chi connectivity index (χ2n) is 5.79. The van der Waals surface area contributed by atoms with Gasteiger partial charge in [-0.2, -0.15) is 18.2 Å². The standard InChI is InChI=1S/C18H13F5N6O3/c19-13(20)14(21)32-16-12(7-24-8-26-16)28-15(30)11-5-6-25-18(29-11)27-9-1-3-10(4-2-9)31-17(22)23/h1-8,13-14,17H,(H,28,30)(H,25,27,29). The van der Waals surface area contributed by atoms with Crippen molar-refractivity contribution in [3.8, 4) is 11.6 Å². The summed E-state index contributed by atoms with van der Waals surface area (Å²) >= 11 is 0. The number of hydrogen-bond acceptors (Lipinski definition) is 8. The lowest BCUT2D eigenvalue weighted by Crippen LogP contribution is -2.22. The van der Waals surface area contributed by atoms with E-state index in [2.05, 4.69) is 40.0 Å². The molecule has 1 unspecified atom stereocenters. The molecule has 2 N–H and O–H groups in total. The number of anilines is 3. The highest BCUT2D eigenvalue weighted by molar-refractivity contribution is 6.03. The highest BCUT2D eigenvalue weighted by atomic mass is 19.3. The van der Waals surface area contributed by atoms with E-state index in [4.69, 9.17) is 0 Å². The first-order chi connectivity index (χ1) is 15.3. The molecule has 0 fully saturated rings. The summed E-state index contributed by atoms with van der Waals surface area (Å²) in [5.41, 5.74) is 0.00135. The van der Waals surface area contributed by atoms with Gasteiger partial charge in [-0.1, -0.05) is 0 Å². The van der Waals surface area contributed by atoms with E-state index in [-0.39, 0.29) is 23.1 Å². The van der Waals surface area contributed by atoms with Crippen molar-refractivity contribution in [1.82, 2.24) is 19.9 Å². The van der Waals surface area contributed by atoms with Crippen LogP contribution in [0.2, 0.25) is 0 Å². The SMILES string of the molecule is O=C(Nc1cncnc1OC(F)C(F)F)c1ccnc(Nc2ccc(OC(F)F)cc2)n1. The van der Waals surface area contributed by atoms with Crippen molar-refractivity contribution in [3.63, 3.8) is 0 Å². The zero-order valence-electron chi connectivity index (χ0n) is 15.8. The molecule has 0 aliphatic heterocycles. The molecule has 0 radical (unpaired) electrons. The summed E-state index contributed by atoms with van der Waals surface area (Å²) in [6.45, 7) is -2.96. The summed E-state index contributed by atoms with van der Waals surface area (Å²) in [4.78, 5) is 27.5. The van der Waals surface area contributed by atoms with Gasteiger partial charge < -0.3 is 20.1 Å². The summed E-state index contributed by atoms with van der Waals surface area (Å²) < 4.78 is 71.0. The van der Waals surface area contributed by atoms with E-state index < -0.39 is 31.2 Å². The number of carbonyl (C=O) groups is 1. The zero-order chi connectivity index (χ0) is 23.1. The molecular formula is C18H13F5N6O3. The number of benzene rings is 1. The molecule has 3 rings (SSSR count). The smallest absolute Gasteiger partial charge is 0.387 e. The summed E-state index contributed by atoms with van der Waals surface area (Å²) in [5.74, 6) is -1.48. The number of ether oxygens (including phenoxy) is 2. The molecule has 3 aromatic rings. The van der Waals surface area contributed by atoms with Gasteiger partial charge in [-0.25, -0.2) is 23.7 Å². The summed E-state index contributed by atoms with van der Waals surface area (Å²) in [7, 11) is 0. The third-order valence-electron chi connectivity index (χ3n) is 3.57. The van der Waals surface area contributed by atoms with E-state index >= 15 is 0 Å². The van der Waals surface area contributed by atoms with Gasteiger partial charge >= 0.3 is 13.0 Å². The first-order valence-electron chi connectivity index (χ1n) is 8.67. The van der Waals surface area contributed by atoms with Crippen LogP contribution in [0.1, 0.15) is 10.5 Å². The zero-order valence-corrected chi connectivity index (χ0v) is 15.8. The van der Waals surface area contributed by atoms with Crippen LogP contribution in [0, 0.1) is 0 Å².